The van der Waals surface area contributed by atoms with E-state index in [2.05, 4.69) is 37.0 Å². The second kappa shape index (κ2) is 4.45. The summed E-state index contributed by atoms with van der Waals surface area (Å²) < 4.78 is 0. The highest BCUT2D eigenvalue weighted by Crippen LogP contribution is 2.20. The molecule has 0 aliphatic carbocycles. The summed E-state index contributed by atoms with van der Waals surface area (Å²) in [5.41, 5.74) is 11.2. The Balaban J connectivity index is 2.49. The molecule has 0 saturated heterocycles. The average Bonchev–Trinajstić information content (AvgIpc) is 2.28. The van der Waals surface area contributed by atoms with Crippen LogP contribution in [0, 0.1) is 13.8 Å². The zero-order valence-electron chi connectivity index (χ0n) is 9.70. The van der Waals surface area contributed by atoms with Gasteiger partial charge in [-0.3, -0.25) is 4.98 Å². The fraction of sp³-hybridized carbons (Fsp3) is 0.214. The van der Waals surface area contributed by atoms with Crippen molar-refractivity contribution < 1.29 is 0 Å². The smallest absolute Gasteiger partial charge is 0.0706 e. The van der Waals surface area contributed by atoms with Crippen molar-refractivity contribution in [1.29, 1.82) is 0 Å². The summed E-state index contributed by atoms with van der Waals surface area (Å²) in [6.45, 7) is 4.69. The summed E-state index contributed by atoms with van der Waals surface area (Å²) in [4.78, 5) is 4.52. The van der Waals surface area contributed by atoms with E-state index in [1.54, 1.807) is 0 Å². The van der Waals surface area contributed by atoms with Crippen LogP contribution in [0.4, 0.5) is 0 Å². The first kappa shape index (κ1) is 10.8. The molecule has 2 N–H and O–H groups in total. The number of nitrogens with two attached hydrogens (primary N) is 1. The van der Waals surface area contributed by atoms with Crippen LogP contribution in [0.3, 0.4) is 0 Å². The van der Waals surface area contributed by atoms with Gasteiger partial charge in [-0.25, -0.2) is 0 Å². The van der Waals surface area contributed by atoms with Gasteiger partial charge in [-0.05, 0) is 38.1 Å². The summed E-state index contributed by atoms with van der Waals surface area (Å²) in [6, 6.07) is 12.4. The summed E-state index contributed by atoms with van der Waals surface area (Å²) in [7, 11) is 0. The third kappa shape index (κ3) is 2.28. The van der Waals surface area contributed by atoms with Gasteiger partial charge in [0.25, 0.3) is 0 Å². The fourth-order valence-corrected chi connectivity index (χ4v) is 1.88. The molecule has 2 rings (SSSR count). The third-order valence-corrected chi connectivity index (χ3v) is 2.53. The Morgan fingerprint density at radius 2 is 1.75 bits per heavy atom. The number of rotatable bonds is 2. The fourth-order valence-electron chi connectivity index (χ4n) is 1.88. The van der Waals surface area contributed by atoms with E-state index in [0.29, 0.717) is 6.54 Å². The van der Waals surface area contributed by atoms with Gasteiger partial charge in [-0.1, -0.05) is 23.3 Å². The molecular weight excluding hydrogens is 196 g/mol. The van der Waals surface area contributed by atoms with Gasteiger partial charge in [0.05, 0.1) is 11.4 Å². The molecule has 0 aliphatic heterocycles. The summed E-state index contributed by atoms with van der Waals surface area (Å²) >= 11 is 0. The molecule has 0 spiro atoms. The van der Waals surface area contributed by atoms with Gasteiger partial charge >= 0.3 is 0 Å². The molecule has 2 aromatic rings. The van der Waals surface area contributed by atoms with Gasteiger partial charge in [0.2, 0.25) is 0 Å². The van der Waals surface area contributed by atoms with Gasteiger partial charge < -0.3 is 5.73 Å². The van der Waals surface area contributed by atoms with Crippen LogP contribution >= 0.6 is 0 Å². The van der Waals surface area contributed by atoms with Crippen LogP contribution in [-0.4, -0.2) is 4.98 Å². The zero-order valence-corrected chi connectivity index (χ0v) is 9.70. The molecule has 2 nitrogen and oxygen atoms in total. The van der Waals surface area contributed by atoms with Gasteiger partial charge in [0, 0.05) is 12.1 Å². The van der Waals surface area contributed by atoms with Gasteiger partial charge in [0.1, 0.15) is 0 Å². The topological polar surface area (TPSA) is 38.9 Å². The lowest BCUT2D eigenvalue weighted by Crippen LogP contribution is -1.99. The molecule has 0 amide bonds. The maximum absolute atomic E-state index is 5.59. The maximum Gasteiger partial charge on any atom is 0.0706 e. The van der Waals surface area contributed by atoms with E-state index in [1.165, 1.54) is 11.1 Å². The molecule has 0 aliphatic rings. The third-order valence-electron chi connectivity index (χ3n) is 2.53. The molecule has 0 atom stereocenters. The lowest BCUT2D eigenvalue weighted by atomic mass is 10.0. The Kier molecular flexibility index (Phi) is 3.02. The Morgan fingerprint density at radius 3 is 2.38 bits per heavy atom. The van der Waals surface area contributed by atoms with Crippen molar-refractivity contribution >= 4 is 0 Å². The zero-order chi connectivity index (χ0) is 11.5. The van der Waals surface area contributed by atoms with E-state index >= 15 is 0 Å². The van der Waals surface area contributed by atoms with Crippen LogP contribution < -0.4 is 5.73 Å². The monoisotopic (exact) mass is 212 g/mol. The molecule has 1 aromatic carbocycles. The molecule has 0 bridgehead atoms. The first-order valence-electron chi connectivity index (χ1n) is 5.44. The minimum atomic E-state index is 0.485. The van der Waals surface area contributed by atoms with Crippen LogP contribution in [-0.2, 0) is 6.54 Å². The normalized spacial score (nSPS) is 10.4. The summed E-state index contributed by atoms with van der Waals surface area (Å²) in [5, 5.41) is 0. The number of nitrogens with zero attached hydrogens (tertiary/aromatic N) is 1. The average molecular weight is 212 g/mol. The maximum atomic E-state index is 5.59. The minimum absolute atomic E-state index is 0.485. The summed E-state index contributed by atoms with van der Waals surface area (Å²) in [5.74, 6) is 0. The first-order chi connectivity index (χ1) is 7.69. The van der Waals surface area contributed by atoms with Crippen molar-refractivity contribution in [2.75, 3.05) is 0 Å². The number of pyridine rings is 1. The van der Waals surface area contributed by atoms with Gasteiger partial charge in [-0.2, -0.15) is 0 Å². The number of benzene rings is 1. The molecule has 0 radical (unpaired) electrons. The van der Waals surface area contributed by atoms with E-state index in [1.807, 2.05) is 18.2 Å². The minimum Gasteiger partial charge on any atom is -0.325 e. The Labute approximate surface area is 96.1 Å². The highest BCUT2D eigenvalue weighted by atomic mass is 14.7. The van der Waals surface area contributed by atoms with E-state index < -0.39 is 0 Å². The number of hydrogen-bond acceptors (Lipinski definition) is 2. The van der Waals surface area contributed by atoms with Crippen LogP contribution in [0.25, 0.3) is 11.3 Å². The molecule has 82 valence electrons. The second-order valence-electron chi connectivity index (χ2n) is 4.09. The SMILES string of the molecule is Cc1cc(C)cc(-c2cccc(CN)n2)c1. The van der Waals surface area contributed by atoms with Gasteiger partial charge in [0.15, 0.2) is 0 Å². The highest BCUT2D eigenvalue weighted by molar-refractivity contribution is 5.61. The number of aryl methyl sites for hydroxylation is 2. The predicted molar refractivity (Wildman–Crippen MR) is 67.0 cm³/mol. The second-order valence-corrected chi connectivity index (χ2v) is 4.09. The molecule has 16 heavy (non-hydrogen) atoms. The van der Waals surface area contributed by atoms with Crippen LogP contribution in [0.1, 0.15) is 16.8 Å². The van der Waals surface area contributed by atoms with E-state index in [9.17, 15) is 0 Å². The van der Waals surface area contributed by atoms with Crippen LogP contribution in [0.15, 0.2) is 36.4 Å². The molecule has 2 heteroatoms. The van der Waals surface area contributed by atoms with Crippen molar-refractivity contribution in [3.8, 4) is 11.3 Å². The number of hydrogen-bond donors (Lipinski definition) is 1. The predicted octanol–water partition coefficient (Wildman–Crippen LogP) is 2.82. The van der Waals surface area contributed by atoms with E-state index in [-0.39, 0.29) is 0 Å². The first-order valence-corrected chi connectivity index (χ1v) is 5.44. The lowest BCUT2D eigenvalue weighted by molar-refractivity contribution is 0.993. The highest BCUT2D eigenvalue weighted by Gasteiger charge is 2.01. The molecule has 1 heterocycles. The quantitative estimate of drug-likeness (QED) is 0.831. The number of aromatic nitrogens is 1. The molecule has 0 saturated carbocycles. The largest absolute Gasteiger partial charge is 0.325 e. The Hall–Kier alpha value is -1.67. The molecular formula is C14H16N2. The Morgan fingerprint density at radius 1 is 1.06 bits per heavy atom. The van der Waals surface area contributed by atoms with Crippen molar-refractivity contribution in [2.24, 2.45) is 5.73 Å². The van der Waals surface area contributed by atoms with Crippen molar-refractivity contribution in [3.05, 3.63) is 53.2 Å². The molecule has 0 fully saturated rings. The van der Waals surface area contributed by atoms with Crippen molar-refractivity contribution in [3.63, 3.8) is 0 Å². The standard InChI is InChI=1S/C14H16N2/c1-10-6-11(2)8-12(7-10)14-5-3-4-13(9-15)16-14/h3-8H,9,15H2,1-2H3. The van der Waals surface area contributed by atoms with Crippen LogP contribution in [0.5, 0.6) is 0 Å². The lowest BCUT2D eigenvalue weighted by Gasteiger charge is -2.05. The van der Waals surface area contributed by atoms with E-state index in [0.717, 1.165) is 17.0 Å². The van der Waals surface area contributed by atoms with E-state index in [4.69, 9.17) is 5.73 Å². The molecule has 1 aromatic heterocycles. The Bertz CT molecular complexity index is 484. The summed E-state index contributed by atoms with van der Waals surface area (Å²) in [6.07, 6.45) is 0. The van der Waals surface area contributed by atoms with Crippen molar-refractivity contribution in [2.45, 2.75) is 20.4 Å². The molecule has 0 unspecified atom stereocenters. The van der Waals surface area contributed by atoms with Crippen LogP contribution in [0.2, 0.25) is 0 Å². The van der Waals surface area contributed by atoms with Crippen molar-refractivity contribution in [1.82, 2.24) is 4.98 Å². The van der Waals surface area contributed by atoms with Gasteiger partial charge in [-0.15, -0.1) is 0 Å².